The van der Waals surface area contributed by atoms with Crippen molar-refractivity contribution in [2.45, 2.75) is 65.0 Å². The van der Waals surface area contributed by atoms with Crippen LogP contribution in [0.4, 0.5) is 4.79 Å². The third-order valence-electron chi connectivity index (χ3n) is 5.38. The number of rotatable bonds is 5. The topological polar surface area (TPSA) is 65.5 Å². The van der Waals surface area contributed by atoms with E-state index in [1.807, 2.05) is 30.9 Å². The molecule has 26 heavy (non-hydrogen) atoms. The van der Waals surface area contributed by atoms with Gasteiger partial charge in [0.2, 0.25) is 5.91 Å². The van der Waals surface area contributed by atoms with Crippen LogP contribution < -0.4 is 5.32 Å². The van der Waals surface area contributed by atoms with E-state index in [1.54, 1.807) is 4.90 Å². The number of nitrogens with one attached hydrogen (secondary N) is 1. The number of nitrogens with zero attached hydrogens (tertiary/aromatic N) is 3. The Labute approximate surface area is 156 Å². The molecule has 1 N–H and O–H groups in total. The predicted octanol–water partition coefficient (Wildman–Crippen LogP) is 2.78. The molecule has 1 saturated heterocycles. The molecule has 3 amide bonds. The monoisotopic (exact) mass is 358 g/mol. The smallest absolute Gasteiger partial charge is 0.318 e. The Morgan fingerprint density at radius 2 is 1.73 bits per heavy atom. The quantitative estimate of drug-likeness (QED) is 0.880. The Bertz CT molecular complexity index is 629. The third-order valence-corrected chi connectivity index (χ3v) is 5.38. The van der Waals surface area contributed by atoms with Gasteiger partial charge in [-0.1, -0.05) is 12.8 Å². The Kier molecular flexibility index (Phi) is 6.12. The lowest BCUT2D eigenvalue weighted by atomic mass is 10.2. The van der Waals surface area contributed by atoms with Gasteiger partial charge >= 0.3 is 6.03 Å². The van der Waals surface area contributed by atoms with Crippen molar-refractivity contribution in [2.75, 3.05) is 19.6 Å². The molecule has 1 saturated carbocycles. The maximum Gasteiger partial charge on any atom is 0.318 e. The summed E-state index contributed by atoms with van der Waals surface area (Å²) in [6.45, 7) is 6.23. The highest BCUT2D eigenvalue weighted by atomic mass is 16.2. The van der Waals surface area contributed by atoms with Gasteiger partial charge in [0.05, 0.1) is 0 Å². The lowest BCUT2D eigenvalue weighted by Gasteiger charge is -2.30. The van der Waals surface area contributed by atoms with E-state index in [0.717, 1.165) is 68.6 Å². The fourth-order valence-electron chi connectivity index (χ4n) is 4.10. The van der Waals surface area contributed by atoms with Crippen molar-refractivity contribution in [2.24, 2.45) is 0 Å². The average molecular weight is 358 g/mol. The minimum Gasteiger partial charge on any atom is -0.341 e. The first-order valence-corrected chi connectivity index (χ1v) is 9.79. The number of likely N-dealkylation sites (tertiary alicyclic amines) is 1. The highest BCUT2D eigenvalue weighted by Gasteiger charge is 2.30. The third kappa shape index (κ3) is 4.74. The maximum atomic E-state index is 12.9. The van der Waals surface area contributed by atoms with E-state index < -0.39 is 0 Å². The molecule has 2 aliphatic rings. The van der Waals surface area contributed by atoms with E-state index in [0.29, 0.717) is 6.54 Å². The molecular weight excluding hydrogens is 328 g/mol. The van der Waals surface area contributed by atoms with Crippen molar-refractivity contribution < 1.29 is 9.59 Å². The zero-order valence-electron chi connectivity index (χ0n) is 16.0. The summed E-state index contributed by atoms with van der Waals surface area (Å²) in [5, 5.41) is 3.01. The molecule has 1 aromatic rings. The summed E-state index contributed by atoms with van der Waals surface area (Å²) in [5.41, 5.74) is 2.94. The number of urea groups is 1. The molecule has 0 unspecified atom stereocenters. The Morgan fingerprint density at radius 3 is 2.35 bits per heavy atom. The molecule has 6 heteroatoms. The summed E-state index contributed by atoms with van der Waals surface area (Å²) in [6.07, 6.45) is 6.40. The van der Waals surface area contributed by atoms with E-state index in [-0.39, 0.29) is 24.5 Å². The molecule has 3 rings (SSSR count). The first kappa shape index (κ1) is 18.7. The molecule has 0 atom stereocenters. The van der Waals surface area contributed by atoms with Crippen LogP contribution in [0.5, 0.6) is 0 Å². The number of pyridine rings is 1. The second-order valence-corrected chi connectivity index (χ2v) is 7.57. The number of hydrogen-bond donors (Lipinski definition) is 1. The summed E-state index contributed by atoms with van der Waals surface area (Å²) in [5.74, 6) is 0.0835. The molecule has 1 aromatic heterocycles. The van der Waals surface area contributed by atoms with E-state index in [4.69, 9.17) is 0 Å². The van der Waals surface area contributed by atoms with E-state index in [2.05, 4.69) is 10.3 Å². The van der Waals surface area contributed by atoms with Crippen LogP contribution in [0.2, 0.25) is 0 Å². The highest BCUT2D eigenvalue weighted by molar-refractivity contribution is 5.84. The molecule has 0 radical (unpaired) electrons. The molecule has 0 spiro atoms. The highest BCUT2D eigenvalue weighted by Crippen LogP contribution is 2.24. The van der Waals surface area contributed by atoms with Crippen LogP contribution in [-0.2, 0) is 11.3 Å². The second kappa shape index (κ2) is 8.52. The fraction of sp³-hybridized carbons (Fsp3) is 0.650. The van der Waals surface area contributed by atoms with Gasteiger partial charge in [0.15, 0.2) is 0 Å². The molecule has 142 valence electrons. The molecule has 6 nitrogen and oxygen atoms in total. The van der Waals surface area contributed by atoms with Gasteiger partial charge < -0.3 is 15.1 Å². The van der Waals surface area contributed by atoms with Crippen molar-refractivity contribution in [1.29, 1.82) is 0 Å². The number of aryl methyl sites for hydroxylation is 2. The van der Waals surface area contributed by atoms with Gasteiger partial charge in [0, 0.05) is 37.1 Å². The minimum atomic E-state index is -0.128. The number of hydrogen-bond acceptors (Lipinski definition) is 3. The molecule has 0 aromatic carbocycles. The molecule has 2 heterocycles. The van der Waals surface area contributed by atoms with Crippen LogP contribution in [0, 0.1) is 13.8 Å². The predicted molar refractivity (Wildman–Crippen MR) is 101 cm³/mol. The van der Waals surface area contributed by atoms with Gasteiger partial charge in [0.1, 0.15) is 6.54 Å². The van der Waals surface area contributed by atoms with Gasteiger partial charge in [-0.2, -0.15) is 0 Å². The van der Waals surface area contributed by atoms with E-state index >= 15 is 0 Å². The van der Waals surface area contributed by atoms with Crippen molar-refractivity contribution in [3.63, 3.8) is 0 Å². The van der Waals surface area contributed by atoms with Crippen molar-refractivity contribution in [3.8, 4) is 0 Å². The number of carbonyl (C=O) groups is 2. The van der Waals surface area contributed by atoms with E-state index in [9.17, 15) is 9.59 Å². The summed E-state index contributed by atoms with van der Waals surface area (Å²) >= 11 is 0. The summed E-state index contributed by atoms with van der Waals surface area (Å²) in [6, 6.07) is 4.03. The second-order valence-electron chi connectivity index (χ2n) is 7.57. The largest absolute Gasteiger partial charge is 0.341 e. The van der Waals surface area contributed by atoms with E-state index in [1.165, 1.54) is 0 Å². The molecule has 1 aliphatic heterocycles. The summed E-state index contributed by atoms with van der Waals surface area (Å²) in [4.78, 5) is 33.5. The number of amides is 3. The Morgan fingerprint density at radius 1 is 1.12 bits per heavy atom. The Hall–Kier alpha value is -2.11. The fourth-order valence-corrected chi connectivity index (χ4v) is 4.10. The first-order chi connectivity index (χ1) is 12.5. The van der Waals surface area contributed by atoms with Crippen LogP contribution in [0.15, 0.2) is 12.1 Å². The van der Waals surface area contributed by atoms with Crippen molar-refractivity contribution in [3.05, 3.63) is 29.1 Å². The molecule has 0 bridgehead atoms. The van der Waals surface area contributed by atoms with Gasteiger partial charge in [0.25, 0.3) is 0 Å². The van der Waals surface area contributed by atoms with Gasteiger partial charge in [-0.25, -0.2) is 4.79 Å². The normalized spacial score (nSPS) is 17.5. The average Bonchev–Trinajstić information content (AvgIpc) is 3.29. The van der Waals surface area contributed by atoms with Crippen molar-refractivity contribution in [1.82, 2.24) is 20.1 Å². The van der Waals surface area contributed by atoms with Crippen LogP contribution in [0.3, 0.4) is 0 Å². The van der Waals surface area contributed by atoms with Gasteiger partial charge in [-0.05, 0) is 57.2 Å². The minimum absolute atomic E-state index is 0.0835. The van der Waals surface area contributed by atoms with Crippen LogP contribution in [-0.4, -0.2) is 52.4 Å². The van der Waals surface area contributed by atoms with Crippen molar-refractivity contribution >= 4 is 11.9 Å². The zero-order chi connectivity index (χ0) is 18.5. The van der Waals surface area contributed by atoms with Gasteiger partial charge in [-0.15, -0.1) is 0 Å². The number of aromatic nitrogens is 1. The maximum absolute atomic E-state index is 12.9. The first-order valence-electron chi connectivity index (χ1n) is 9.79. The zero-order valence-corrected chi connectivity index (χ0v) is 16.0. The molecule has 1 aliphatic carbocycles. The molecular formula is C20H30N4O2. The van der Waals surface area contributed by atoms with Gasteiger partial charge in [-0.3, -0.25) is 9.78 Å². The molecule has 2 fully saturated rings. The van der Waals surface area contributed by atoms with Crippen LogP contribution in [0.25, 0.3) is 0 Å². The van der Waals surface area contributed by atoms with Crippen LogP contribution >= 0.6 is 0 Å². The SMILES string of the molecule is Cc1cc(CNC(=O)N(CC(=O)N2CCCC2)C2CCCC2)cc(C)n1. The standard InChI is InChI=1S/C20H30N4O2/c1-15-11-17(12-16(2)22-15)13-21-20(26)24(18-7-3-4-8-18)14-19(25)23-9-5-6-10-23/h11-12,18H,3-10,13-14H2,1-2H3,(H,21,26). The lowest BCUT2D eigenvalue weighted by Crippen LogP contribution is -2.50. The Balaban J connectivity index is 1.63. The van der Waals surface area contributed by atoms with Crippen LogP contribution in [0.1, 0.15) is 55.5 Å². The summed E-state index contributed by atoms with van der Waals surface area (Å²) < 4.78 is 0. The summed E-state index contributed by atoms with van der Waals surface area (Å²) in [7, 11) is 0. The number of carbonyl (C=O) groups excluding carboxylic acids is 2. The lowest BCUT2D eigenvalue weighted by molar-refractivity contribution is -0.131.